The van der Waals surface area contributed by atoms with Crippen molar-refractivity contribution >= 4 is 10.0 Å². The van der Waals surface area contributed by atoms with E-state index >= 15 is 0 Å². The summed E-state index contributed by atoms with van der Waals surface area (Å²) in [5, 5.41) is 0. The van der Waals surface area contributed by atoms with Crippen LogP contribution in [0.5, 0.6) is 5.75 Å². The number of ether oxygens (including phenoxy) is 1. The fourth-order valence-corrected chi connectivity index (χ4v) is 5.55. The van der Waals surface area contributed by atoms with Crippen LogP contribution in [0, 0.1) is 18.8 Å². The van der Waals surface area contributed by atoms with Crippen LogP contribution in [-0.4, -0.2) is 32.4 Å². The van der Waals surface area contributed by atoms with Crippen molar-refractivity contribution in [3.05, 3.63) is 23.3 Å². The van der Waals surface area contributed by atoms with Crippen LogP contribution in [0.1, 0.15) is 58.1 Å². The standard InChI is InChI=1S/C19H31NO3S/c1-7-23-18-9-16(6)19(10-17(18)13(2)3)24(21,22)20-11-14(4)8-15(5)12-20/h9-10,13-15H,7-8,11-12H2,1-6H3/t14-,15+. The second-order valence-corrected chi connectivity index (χ2v) is 9.42. The summed E-state index contributed by atoms with van der Waals surface area (Å²) in [7, 11) is -3.47. The highest BCUT2D eigenvalue weighted by Crippen LogP contribution is 2.34. The second kappa shape index (κ2) is 7.44. The Morgan fingerprint density at radius 1 is 1.21 bits per heavy atom. The SMILES string of the molecule is CCOc1cc(C)c(S(=O)(=O)N2C[C@H](C)C[C@H](C)C2)cc1C(C)C. The van der Waals surface area contributed by atoms with Crippen LogP contribution in [0.15, 0.2) is 17.0 Å². The molecule has 1 aromatic carbocycles. The Kier molecular flexibility index (Phi) is 5.97. The average Bonchev–Trinajstić information content (AvgIpc) is 2.46. The lowest BCUT2D eigenvalue weighted by Crippen LogP contribution is -2.42. The van der Waals surface area contributed by atoms with Gasteiger partial charge in [0.25, 0.3) is 0 Å². The molecule has 0 aliphatic carbocycles. The molecule has 0 aromatic heterocycles. The molecule has 5 heteroatoms. The lowest BCUT2D eigenvalue weighted by molar-refractivity contribution is 0.222. The van der Waals surface area contributed by atoms with Gasteiger partial charge in [-0.2, -0.15) is 4.31 Å². The van der Waals surface area contributed by atoms with Crippen molar-refractivity contribution in [3.8, 4) is 5.75 Å². The average molecular weight is 354 g/mol. The van der Waals surface area contributed by atoms with Crippen molar-refractivity contribution in [1.82, 2.24) is 4.31 Å². The first-order valence-corrected chi connectivity index (χ1v) is 10.4. The van der Waals surface area contributed by atoms with Crippen LogP contribution < -0.4 is 4.74 Å². The Morgan fingerprint density at radius 2 is 1.79 bits per heavy atom. The molecule has 1 saturated heterocycles. The fourth-order valence-electron chi connectivity index (χ4n) is 3.63. The van der Waals surface area contributed by atoms with E-state index in [2.05, 4.69) is 27.7 Å². The maximum Gasteiger partial charge on any atom is 0.243 e. The van der Waals surface area contributed by atoms with Gasteiger partial charge in [0.1, 0.15) is 5.75 Å². The summed E-state index contributed by atoms with van der Waals surface area (Å²) in [6.45, 7) is 14.0. The minimum atomic E-state index is -3.47. The van der Waals surface area contributed by atoms with Gasteiger partial charge < -0.3 is 4.74 Å². The van der Waals surface area contributed by atoms with Crippen molar-refractivity contribution in [2.75, 3.05) is 19.7 Å². The molecule has 136 valence electrons. The Hall–Kier alpha value is -1.07. The van der Waals surface area contributed by atoms with Gasteiger partial charge in [0.15, 0.2) is 0 Å². The van der Waals surface area contributed by atoms with Gasteiger partial charge in [-0.25, -0.2) is 8.42 Å². The zero-order valence-electron chi connectivity index (χ0n) is 15.8. The van der Waals surface area contributed by atoms with Gasteiger partial charge in [-0.15, -0.1) is 0 Å². The minimum Gasteiger partial charge on any atom is -0.494 e. The van der Waals surface area contributed by atoms with E-state index in [0.717, 1.165) is 23.3 Å². The van der Waals surface area contributed by atoms with Crippen LogP contribution in [-0.2, 0) is 10.0 Å². The largest absolute Gasteiger partial charge is 0.494 e. The van der Waals surface area contributed by atoms with Crippen LogP contribution in [0.4, 0.5) is 0 Å². The monoisotopic (exact) mass is 353 g/mol. The molecule has 0 amide bonds. The van der Waals surface area contributed by atoms with Crippen LogP contribution >= 0.6 is 0 Å². The molecule has 0 bridgehead atoms. The van der Waals surface area contributed by atoms with Crippen molar-refractivity contribution in [1.29, 1.82) is 0 Å². The zero-order valence-corrected chi connectivity index (χ0v) is 16.6. The van der Waals surface area contributed by atoms with E-state index in [-0.39, 0.29) is 5.92 Å². The molecule has 1 aliphatic rings. The number of hydrogen-bond donors (Lipinski definition) is 0. The first-order chi connectivity index (χ1) is 11.2. The quantitative estimate of drug-likeness (QED) is 0.797. The van der Waals surface area contributed by atoms with Crippen molar-refractivity contribution in [3.63, 3.8) is 0 Å². The van der Waals surface area contributed by atoms with Crippen LogP contribution in [0.3, 0.4) is 0 Å². The highest BCUT2D eigenvalue weighted by atomic mass is 32.2. The Labute approximate surface area is 147 Å². The topological polar surface area (TPSA) is 46.6 Å². The van der Waals surface area contributed by atoms with Gasteiger partial charge in [-0.3, -0.25) is 0 Å². The molecule has 0 saturated carbocycles. The second-order valence-electron chi connectivity index (χ2n) is 7.51. The molecule has 2 rings (SSSR count). The van der Waals surface area contributed by atoms with E-state index in [1.807, 2.05) is 26.0 Å². The highest BCUT2D eigenvalue weighted by Gasteiger charge is 2.33. The summed E-state index contributed by atoms with van der Waals surface area (Å²) in [5.41, 5.74) is 1.72. The van der Waals surface area contributed by atoms with Gasteiger partial charge >= 0.3 is 0 Å². The van der Waals surface area contributed by atoms with Crippen molar-refractivity contribution < 1.29 is 13.2 Å². The Morgan fingerprint density at radius 3 is 2.29 bits per heavy atom. The molecule has 2 atom stereocenters. The lowest BCUT2D eigenvalue weighted by atomic mass is 9.94. The van der Waals surface area contributed by atoms with Gasteiger partial charge in [-0.05, 0) is 61.3 Å². The van der Waals surface area contributed by atoms with E-state index < -0.39 is 10.0 Å². The van der Waals surface area contributed by atoms with E-state index in [4.69, 9.17) is 4.74 Å². The number of benzene rings is 1. The maximum atomic E-state index is 13.2. The number of rotatable bonds is 5. The molecule has 0 spiro atoms. The summed E-state index contributed by atoms with van der Waals surface area (Å²) in [6.07, 6.45) is 1.09. The normalized spacial score (nSPS) is 22.8. The molecule has 0 radical (unpaired) electrons. The predicted molar refractivity (Wildman–Crippen MR) is 98.1 cm³/mol. The zero-order chi connectivity index (χ0) is 18.1. The molecule has 1 fully saturated rings. The van der Waals surface area contributed by atoms with Gasteiger partial charge in [0.2, 0.25) is 10.0 Å². The third kappa shape index (κ3) is 3.94. The van der Waals surface area contributed by atoms with Gasteiger partial charge in [0.05, 0.1) is 11.5 Å². The number of nitrogens with zero attached hydrogens (tertiary/aromatic N) is 1. The first kappa shape index (κ1) is 19.3. The van der Waals surface area contributed by atoms with Gasteiger partial charge in [0, 0.05) is 13.1 Å². The molecule has 0 N–H and O–H groups in total. The predicted octanol–water partition coefficient (Wildman–Crippen LogP) is 4.18. The summed E-state index contributed by atoms with van der Waals surface area (Å²) in [5.74, 6) is 1.80. The third-order valence-electron chi connectivity index (χ3n) is 4.68. The fraction of sp³-hybridized carbons (Fsp3) is 0.684. The minimum absolute atomic E-state index is 0.209. The summed E-state index contributed by atoms with van der Waals surface area (Å²) in [6, 6.07) is 3.70. The van der Waals surface area contributed by atoms with E-state index in [9.17, 15) is 8.42 Å². The summed E-state index contributed by atoms with van der Waals surface area (Å²) >= 11 is 0. The Balaban J connectivity index is 2.48. The molecule has 1 aliphatic heterocycles. The number of aryl methyl sites for hydroxylation is 1. The van der Waals surface area contributed by atoms with Gasteiger partial charge in [-0.1, -0.05) is 27.7 Å². The number of hydrogen-bond acceptors (Lipinski definition) is 3. The lowest BCUT2D eigenvalue weighted by Gasteiger charge is -2.34. The van der Waals surface area contributed by atoms with E-state index in [0.29, 0.717) is 36.4 Å². The van der Waals surface area contributed by atoms with Crippen molar-refractivity contribution in [2.45, 2.75) is 58.8 Å². The summed E-state index contributed by atoms with van der Waals surface area (Å²) in [4.78, 5) is 0.427. The van der Waals surface area contributed by atoms with Crippen molar-refractivity contribution in [2.24, 2.45) is 11.8 Å². The molecule has 0 unspecified atom stereocenters. The number of sulfonamides is 1. The van der Waals surface area contributed by atoms with E-state index in [1.54, 1.807) is 4.31 Å². The smallest absolute Gasteiger partial charge is 0.243 e. The first-order valence-electron chi connectivity index (χ1n) is 8.94. The molecular weight excluding hydrogens is 322 g/mol. The van der Waals surface area contributed by atoms with E-state index in [1.165, 1.54) is 0 Å². The molecular formula is C19H31NO3S. The van der Waals surface area contributed by atoms with Crippen LogP contribution in [0.2, 0.25) is 0 Å². The maximum absolute atomic E-state index is 13.2. The van der Waals surface area contributed by atoms with Crippen LogP contribution in [0.25, 0.3) is 0 Å². The third-order valence-corrected chi connectivity index (χ3v) is 6.66. The molecule has 1 aromatic rings. The highest BCUT2D eigenvalue weighted by molar-refractivity contribution is 7.89. The molecule has 24 heavy (non-hydrogen) atoms. The molecule has 1 heterocycles. The Bertz CT molecular complexity index is 672. The summed E-state index contributed by atoms with van der Waals surface area (Å²) < 4.78 is 33.8. The number of piperidine rings is 1. The molecule has 4 nitrogen and oxygen atoms in total.